The molecule has 4 atom stereocenters. The van der Waals surface area contributed by atoms with Gasteiger partial charge in [0, 0.05) is 0 Å². The van der Waals surface area contributed by atoms with Crippen molar-refractivity contribution >= 4 is 0 Å². The standard InChI is InChI=1S/C12H22/c1-9-7-8-11-5-3-4-6-12(11)10(9)2/h9-12H,3-8H2,1-2H3/t9-,10+,11-,12-/m1/s1. The van der Waals surface area contributed by atoms with E-state index < -0.39 is 0 Å². The van der Waals surface area contributed by atoms with Gasteiger partial charge in [-0.25, -0.2) is 0 Å². The van der Waals surface area contributed by atoms with E-state index in [4.69, 9.17) is 0 Å². The van der Waals surface area contributed by atoms with Gasteiger partial charge in [-0.1, -0.05) is 39.5 Å². The van der Waals surface area contributed by atoms with Crippen molar-refractivity contribution in [2.45, 2.75) is 52.4 Å². The molecule has 0 heteroatoms. The van der Waals surface area contributed by atoms with E-state index in [1.807, 2.05) is 0 Å². The number of hydrogen-bond donors (Lipinski definition) is 0. The van der Waals surface area contributed by atoms with E-state index in [-0.39, 0.29) is 0 Å². The van der Waals surface area contributed by atoms with E-state index >= 15 is 0 Å². The summed E-state index contributed by atoms with van der Waals surface area (Å²) in [7, 11) is 0. The summed E-state index contributed by atoms with van der Waals surface area (Å²) >= 11 is 0. The summed E-state index contributed by atoms with van der Waals surface area (Å²) in [6.07, 6.45) is 9.15. The molecule has 2 rings (SSSR count). The second kappa shape index (κ2) is 3.40. The van der Waals surface area contributed by atoms with Crippen LogP contribution in [0.25, 0.3) is 0 Å². The second-order valence-electron chi connectivity index (χ2n) is 5.12. The van der Waals surface area contributed by atoms with Gasteiger partial charge in [0.1, 0.15) is 0 Å². The number of rotatable bonds is 0. The van der Waals surface area contributed by atoms with Crippen LogP contribution in [0.3, 0.4) is 0 Å². The molecule has 0 saturated heterocycles. The zero-order chi connectivity index (χ0) is 8.55. The first-order chi connectivity index (χ1) is 5.79. The molecule has 0 radical (unpaired) electrons. The van der Waals surface area contributed by atoms with Crippen LogP contribution in [-0.4, -0.2) is 0 Å². The second-order valence-corrected chi connectivity index (χ2v) is 5.12. The smallest absolute Gasteiger partial charge is 0.0358 e. The van der Waals surface area contributed by atoms with Crippen LogP contribution in [0, 0.1) is 23.7 Å². The van der Waals surface area contributed by atoms with Gasteiger partial charge in [-0.15, -0.1) is 0 Å². The van der Waals surface area contributed by atoms with Gasteiger partial charge in [-0.2, -0.15) is 0 Å². The van der Waals surface area contributed by atoms with Crippen molar-refractivity contribution in [1.29, 1.82) is 0 Å². The molecular formula is C12H22. The Labute approximate surface area is 76.7 Å². The van der Waals surface area contributed by atoms with Crippen LogP contribution in [0.1, 0.15) is 52.4 Å². The highest BCUT2D eigenvalue weighted by molar-refractivity contribution is 4.85. The lowest BCUT2D eigenvalue weighted by molar-refractivity contribution is 0.0734. The molecule has 0 unspecified atom stereocenters. The van der Waals surface area contributed by atoms with Gasteiger partial charge in [-0.3, -0.25) is 0 Å². The van der Waals surface area contributed by atoms with Gasteiger partial charge in [0.25, 0.3) is 0 Å². The maximum absolute atomic E-state index is 2.49. The van der Waals surface area contributed by atoms with E-state index in [0.29, 0.717) is 0 Å². The summed E-state index contributed by atoms with van der Waals surface area (Å²) in [6.45, 7) is 4.95. The summed E-state index contributed by atoms with van der Waals surface area (Å²) < 4.78 is 0. The zero-order valence-electron chi connectivity index (χ0n) is 8.55. The Balaban J connectivity index is 2.03. The van der Waals surface area contributed by atoms with Crippen molar-refractivity contribution in [3.05, 3.63) is 0 Å². The Hall–Kier alpha value is 0. The predicted molar refractivity (Wildman–Crippen MR) is 53.0 cm³/mol. The molecule has 12 heavy (non-hydrogen) atoms. The fourth-order valence-corrected chi connectivity index (χ4v) is 3.45. The molecule has 0 amide bonds. The lowest BCUT2D eigenvalue weighted by Crippen LogP contribution is -2.33. The quantitative estimate of drug-likeness (QED) is 0.512. The van der Waals surface area contributed by atoms with Crippen LogP contribution < -0.4 is 0 Å². The minimum absolute atomic E-state index is 1.00. The Bertz CT molecular complexity index is 148. The molecule has 0 heterocycles. The topological polar surface area (TPSA) is 0 Å². The Morgan fingerprint density at radius 1 is 0.833 bits per heavy atom. The molecule has 0 aromatic rings. The van der Waals surface area contributed by atoms with E-state index in [0.717, 1.165) is 23.7 Å². The first kappa shape index (κ1) is 8.59. The van der Waals surface area contributed by atoms with Gasteiger partial charge in [0.05, 0.1) is 0 Å². The Morgan fingerprint density at radius 3 is 2.42 bits per heavy atom. The monoisotopic (exact) mass is 166 g/mol. The van der Waals surface area contributed by atoms with Gasteiger partial charge < -0.3 is 0 Å². The Morgan fingerprint density at radius 2 is 1.58 bits per heavy atom. The van der Waals surface area contributed by atoms with E-state index in [1.165, 1.54) is 32.1 Å². The molecule has 0 nitrogen and oxygen atoms in total. The SMILES string of the molecule is C[C@@H]1[C@H]2CCCC[C@@H]2CC[C@H]1C. The third kappa shape index (κ3) is 1.41. The molecule has 0 aromatic heterocycles. The lowest BCUT2D eigenvalue weighted by Gasteiger charge is -2.43. The molecule has 0 aliphatic heterocycles. The van der Waals surface area contributed by atoms with Crippen LogP contribution >= 0.6 is 0 Å². The normalized spacial score (nSPS) is 48.5. The highest BCUT2D eigenvalue weighted by Crippen LogP contribution is 2.45. The highest BCUT2D eigenvalue weighted by atomic mass is 14.4. The number of hydrogen-bond acceptors (Lipinski definition) is 0. The van der Waals surface area contributed by atoms with Crippen LogP contribution in [0.4, 0.5) is 0 Å². The van der Waals surface area contributed by atoms with Crippen LogP contribution in [-0.2, 0) is 0 Å². The molecule has 70 valence electrons. The maximum Gasteiger partial charge on any atom is -0.0358 e. The lowest BCUT2D eigenvalue weighted by atomic mass is 9.63. The molecule has 0 spiro atoms. The molecule has 2 fully saturated rings. The third-order valence-electron chi connectivity index (χ3n) is 4.53. The van der Waals surface area contributed by atoms with Crippen LogP contribution in [0.2, 0.25) is 0 Å². The maximum atomic E-state index is 2.49. The minimum Gasteiger partial charge on any atom is -0.0622 e. The fourth-order valence-electron chi connectivity index (χ4n) is 3.45. The van der Waals surface area contributed by atoms with Crippen molar-refractivity contribution in [3.63, 3.8) is 0 Å². The molecule has 2 saturated carbocycles. The summed E-state index contributed by atoms with van der Waals surface area (Å²) in [5, 5.41) is 0. The van der Waals surface area contributed by atoms with E-state index in [2.05, 4.69) is 13.8 Å². The largest absolute Gasteiger partial charge is 0.0622 e. The molecule has 2 aliphatic rings. The fraction of sp³-hybridized carbons (Fsp3) is 1.00. The zero-order valence-corrected chi connectivity index (χ0v) is 8.55. The van der Waals surface area contributed by atoms with E-state index in [1.54, 1.807) is 6.42 Å². The van der Waals surface area contributed by atoms with Crippen LogP contribution in [0.5, 0.6) is 0 Å². The van der Waals surface area contributed by atoms with Gasteiger partial charge in [0.15, 0.2) is 0 Å². The summed E-state index contributed by atoms with van der Waals surface area (Å²) in [5.74, 6) is 4.24. The van der Waals surface area contributed by atoms with Crippen molar-refractivity contribution in [1.82, 2.24) is 0 Å². The van der Waals surface area contributed by atoms with Crippen molar-refractivity contribution < 1.29 is 0 Å². The van der Waals surface area contributed by atoms with Gasteiger partial charge in [-0.05, 0) is 36.5 Å². The molecule has 0 aromatic carbocycles. The van der Waals surface area contributed by atoms with Crippen molar-refractivity contribution in [2.75, 3.05) is 0 Å². The third-order valence-corrected chi connectivity index (χ3v) is 4.53. The molecule has 0 bridgehead atoms. The summed E-state index contributed by atoms with van der Waals surface area (Å²) in [5.41, 5.74) is 0. The van der Waals surface area contributed by atoms with Gasteiger partial charge in [0.2, 0.25) is 0 Å². The number of fused-ring (bicyclic) bond motifs is 1. The predicted octanol–water partition coefficient (Wildman–Crippen LogP) is 3.86. The first-order valence-electron chi connectivity index (χ1n) is 5.79. The van der Waals surface area contributed by atoms with Crippen LogP contribution in [0.15, 0.2) is 0 Å². The highest BCUT2D eigenvalue weighted by Gasteiger charge is 2.35. The molecular weight excluding hydrogens is 144 g/mol. The van der Waals surface area contributed by atoms with Gasteiger partial charge >= 0.3 is 0 Å². The summed E-state index contributed by atoms with van der Waals surface area (Å²) in [4.78, 5) is 0. The van der Waals surface area contributed by atoms with Crippen molar-refractivity contribution in [2.24, 2.45) is 23.7 Å². The Kier molecular flexibility index (Phi) is 2.43. The minimum atomic E-state index is 1.00. The average molecular weight is 166 g/mol. The molecule has 0 N–H and O–H groups in total. The van der Waals surface area contributed by atoms with E-state index in [9.17, 15) is 0 Å². The van der Waals surface area contributed by atoms with Crippen molar-refractivity contribution in [3.8, 4) is 0 Å². The first-order valence-corrected chi connectivity index (χ1v) is 5.79. The average Bonchev–Trinajstić information content (AvgIpc) is 2.12. The summed E-state index contributed by atoms with van der Waals surface area (Å²) in [6, 6.07) is 0. The molecule has 2 aliphatic carbocycles.